The molecule has 0 unspecified atom stereocenters. The van der Waals surface area contributed by atoms with Gasteiger partial charge in [-0.3, -0.25) is 0 Å². The highest BCUT2D eigenvalue weighted by Crippen LogP contribution is 2.33. The van der Waals surface area contributed by atoms with E-state index in [1.807, 2.05) is 13.0 Å². The molecule has 3 nitrogen and oxygen atoms in total. The van der Waals surface area contributed by atoms with E-state index in [9.17, 15) is 13.2 Å². The number of ether oxygens (including phenoxy) is 3. The summed E-state index contributed by atoms with van der Waals surface area (Å²) in [5.74, 6) is -2.33. The molecule has 0 radical (unpaired) electrons. The zero-order valence-electron chi connectivity index (χ0n) is 20.2. The third kappa shape index (κ3) is 5.89. The Bertz CT molecular complexity index is 1210. The molecule has 0 N–H and O–H groups in total. The first-order chi connectivity index (χ1) is 17.5. The number of benzene rings is 3. The van der Waals surface area contributed by atoms with Crippen molar-refractivity contribution < 1.29 is 27.4 Å². The Labute approximate surface area is 209 Å². The van der Waals surface area contributed by atoms with Crippen LogP contribution in [0.4, 0.5) is 13.2 Å². The van der Waals surface area contributed by atoms with Gasteiger partial charge < -0.3 is 14.2 Å². The van der Waals surface area contributed by atoms with Crippen LogP contribution >= 0.6 is 0 Å². The molecule has 0 aromatic heterocycles. The van der Waals surface area contributed by atoms with Crippen molar-refractivity contribution in [3.05, 3.63) is 102 Å². The van der Waals surface area contributed by atoms with Crippen LogP contribution in [0.25, 0.3) is 22.3 Å². The van der Waals surface area contributed by atoms with E-state index in [0.717, 1.165) is 18.4 Å². The van der Waals surface area contributed by atoms with Crippen LogP contribution in [0.15, 0.2) is 79.4 Å². The van der Waals surface area contributed by atoms with Crippen LogP contribution < -0.4 is 4.74 Å². The van der Waals surface area contributed by atoms with Gasteiger partial charge >= 0.3 is 0 Å². The number of hydrogen-bond acceptors (Lipinski definition) is 3. The quantitative estimate of drug-likeness (QED) is 0.282. The van der Waals surface area contributed by atoms with Gasteiger partial charge in [0, 0.05) is 17.0 Å². The highest BCUT2D eigenvalue weighted by molar-refractivity contribution is 5.71. The van der Waals surface area contributed by atoms with Crippen LogP contribution in [-0.4, -0.2) is 19.8 Å². The van der Waals surface area contributed by atoms with Crippen molar-refractivity contribution >= 4 is 0 Å². The van der Waals surface area contributed by atoms with E-state index in [0.29, 0.717) is 35.8 Å². The van der Waals surface area contributed by atoms with E-state index >= 15 is 0 Å². The fourth-order valence-electron chi connectivity index (χ4n) is 4.14. The Hall–Kier alpha value is -3.35. The Morgan fingerprint density at radius 2 is 1.61 bits per heavy atom. The lowest BCUT2D eigenvalue weighted by atomic mass is 9.98. The molecule has 0 atom stereocenters. The normalized spacial score (nSPS) is 17.9. The summed E-state index contributed by atoms with van der Waals surface area (Å²) >= 11 is 0. The van der Waals surface area contributed by atoms with Gasteiger partial charge in [0.1, 0.15) is 12.4 Å². The molecule has 4 rings (SSSR count). The lowest BCUT2D eigenvalue weighted by Gasteiger charge is -2.29. The van der Waals surface area contributed by atoms with E-state index in [1.54, 1.807) is 36.4 Å². The molecule has 1 aliphatic rings. The number of hydrogen-bond donors (Lipinski definition) is 0. The summed E-state index contributed by atoms with van der Waals surface area (Å²) in [6, 6.07) is 14.6. The lowest BCUT2D eigenvalue weighted by Crippen LogP contribution is -2.27. The second kappa shape index (κ2) is 12.1. The molecule has 3 aromatic rings. The fraction of sp³-hybridized carbons (Fsp3) is 0.267. The summed E-state index contributed by atoms with van der Waals surface area (Å²) in [5.41, 5.74) is 2.37. The monoisotopic (exact) mass is 494 g/mol. The van der Waals surface area contributed by atoms with E-state index in [2.05, 4.69) is 12.7 Å². The molecule has 1 aliphatic heterocycles. The molecule has 36 heavy (non-hydrogen) atoms. The minimum absolute atomic E-state index is 0.0795. The van der Waals surface area contributed by atoms with Crippen molar-refractivity contribution in [3.63, 3.8) is 0 Å². The molecule has 188 valence electrons. The average molecular weight is 495 g/mol. The summed E-state index contributed by atoms with van der Waals surface area (Å²) in [6.07, 6.45) is 6.80. The fourth-order valence-corrected chi connectivity index (χ4v) is 4.14. The summed E-state index contributed by atoms with van der Waals surface area (Å²) in [5, 5.41) is 0. The molecule has 1 fully saturated rings. The first-order valence-corrected chi connectivity index (χ1v) is 12.0. The first-order valence-electron chi connectivity index (χ1n) is 12.0. The summed E-state index contributed by atoms with van der Waals surface area (Å²) in [6.45, 7) is 6.63. The number of rotatable bonds is 9. The lowest BCUT2D eigenvalue weighted by molar-refractivity contribution is -0.207. The van der Waals surface area contributed by atoms with Crippen LogP contribution in [0.2, 0.25) is 0 Å². The Morgan fingerprint density at radius 1 is 0.917 bits per heavy atom. The molecule has 1 heterocycles. The predicted molar refractivity (Wildman–Crippen MR) is 135 cm³/mol. The first kappa shape index (κ1) is 25.7. The molecular formula is C30H29F3O3. The third-order valence-corrected chi connectivity index (χ3v) is 6.13. The van der Waals surface area contributed by atoms with Crippen molar-refractivity contribution in [2.75, 3.05) is 19.8 Å². The van der Waals surface area contributed by atoms with Crippen molar-refractivity contribution in [3.8, 4) is 28.0 Å². The Balaban J connectivity index is 1.45. The van der Waals surface area contributed by atoms with E-state index in [4.69, 9.17) is 14.2 Å². The molecule has 0 amide bonds. The third-order valence-electron chi connectivity index (χ3n) is 6.13. The second-order valence-electron chi connectivity index (χ2n) is 8.66. The number of allylic oxidation sites excluding steroid dienone is 2. The summed E-state index contributed by atoms with van der Waals surface area (Å²) in [4.78, 5) is 0. The molecule has 0 spiro atoms. The highest BCUT2D eigenvalue weighted by atomic mass is 19.2. The van der Waals surface area contributed by atoms with Gasteiger partial charge in [0.05, 0.1) is 13.2 Å². The minimum atomic E-state index is -1.05. The maximum atomic E-state index is 15.0. The van der Waals surface area contributed by atoms with Gasteiger partial charge in [0.2, 0.25) is 5.82 Å². The van der Waals surface area contributed by atoms with Gasteiger partial charge in [0.15, 0.2) is 17.9 Å². The van der Waals surface area contributed by atoms with Gasteiger partial charge in [0.25, 0.3) is 0 Å². The summed E-state index contributed by atoms with van der Waals surface area (Å²) in [7, 11) is 0. The maximum Gasteiger partial charge on any atom is 0.201 e. The molecule has 6 heteroatoms. The predicted octanol–water partition coefficient (Wildman–Crippen LogP) is 8.02. The Morgan fingerprint density at radius 3 is 2.28 bits per heavy atom. The molecule has 0 bridgehead atoms. The van der Waals surface area contributed by atoms with Crippen LogP contribution in [0.5, 0.6) is 5.75 Å². The van der Waals surface area contributed by atoms with Gasteiger partial charge in [-0.1, -0.05) is 61.2 Å². The topological polar surface area (TPSA) is 27.7 Å². The molecule has 0 aliphatic carbocycles. The van der Waals surface area contributed by atoms with Crippen molar-refractivity contribution in [2.45, 2.75) is 26.1 Å². The van der Waals surface area contributed by atoms with Gasteiger partial charge in [-0.05, 0) is 54.7 Å². The number of halogens is 3. The molecule has 1 saturated heterocycles. The highest BCUT2D eigenvalue weighted by Gasteiger charge is 2.25. The Kier molecular flexibility index (Phi) is 8.62. The summed E-state index contributed by atoms with van der Waals surface area (Å²) < 4.78 is 60.6. The SMILES string of the molecule is C=CCOc1ccc(-c2ccc(-c3ccc(C4OCC(CC/C=C/C)CO4)c(F)c3)cc2)c(F)c1F. The largest absolute Gasteiger partial charge is 0.486 e. The van der Waals surface area contributed by atoms with Crippen molar-refractivity contribution in [1.82, 2.24) is 0 Å². The molecule has 0 saturated carbocycles. The van der Waals surface area contributed by atoms with E-state index < -0.39 is 23.7 Å². The molecule has 3 aromatic carbocycles. The smallest absolute Gasteiger partial charge is 0.201 e. The van der Waals surface area contributed by atoms with Crippen molar-refractivity contribution in [1.29, 1.82) is 0 Å². The van der Waals surface area contributed by atoms with Crippen LogP contribution in [0, 0.1) is 23.4 Å². The minimum Gasteiger partial charge on any atom is -0.486 e. The zero-order valence-corrected chi connectivity index (χ0v) is 20.2. The van der Waals surface area contributed by atoms with Crippen LogP contribution in [0.3, 0.4) is 0 Å². The van der Waals surface area contributed by atoms with Crippen LogP contribution in [0.1, 0.15) is 31.6 Å². The van der Waals surface area contributed by atoms with Crippen molar-refractivity contribution in [2.24, 2.45) is 5.92 Å². The van der Waals surface area contributed by atoms with Gasteiger partial charge in [-0.2, -0.15) is 4.39 Å². The van der Waals surface area contributed by atoms with Gasteiger partial charge in [-0.25, -0.2) is 8.78 Å². The van der Waals surface area contributed by atoms with E-state index in [-0.39, 0.29) is 17.9 Å². The van der Waals surface area contributed by atoms with Crippen LogP contribution in [-0.2, 0) is 9.47 Å². The second-order valence-corrected chi connectivity index (χ2v) is 8.66. The molecular weight excluding hydrogens is 465 g/mol. The zero-order chi connectivity index (χ0) is 25.5. The average Bonchev–Trinajstić information content (AvgIpc) is 2.90. The maximum absolute atomic E-state index is 15.0. The van der Waals surface area contributed by atoms with E-state index in [1.165, 1.54) is 24.3 Å². The van der Waals surface area contributed by atoms with Gasteiger partial charge in [-0.15, -0.1) is 0 Å². The standard InChI is InChI=1S/C30H29F3O3/c1-3-5-6-7-20-18-35-30(36-19-20)25-13-12-23(17-26(25)31)21-8-10-22(11-9-21)24-14-15-27(34-16-4-2)29(33)28(24)32/h3-5,8-15,17,20,30H,2,6-7,16,18-19H2,1H3/b5-3+.